The Balaban J connectivity index is 1.48. The summed E-state index contributed by atoms with van der Waals surface area (Å²) in [5.41, 5.74) is 2.39. The normalized spacial score (nSPS) is 10.5. The number of imidazole rings is 1. The fourth-order valence-electron chi connectivity index (χ4n) is 2.78. The van der Waals surface area contributed by atoms with Crippen LogP contribution in [0.25, 0.3) is 11.4 Å². The Bertz CT molecular complexity index is 970. The first-order valence-electron chi connectivity index (χ1n) is 8.96. The molecule has 0 saturated carbocycles. The Kier molecular flexibility index (Phi) is 6.45. The van der Waals surface area contributed by atoms with Gasteiger partial charge in [-0.15, -0.1) is 0 Å². The molecule has 2 N–H and O–H groups in total. The van der Waals surface area contributed by atoms with Crippen molar-refractivity contribution in [1.29, 1.82) is 0 Å². The van der Waals surface area contributed by atoms with Crippen molar-refractivity contribution >= 4 is 29.1 Å². The molecule has 0 atom stereocenters. The third kappa shape index (κ3) is 4.98. The molecule has 3 aromatic rings. The second kappa shape index (κ2) is 9.19. The van der Waals surface area contributed by atoms with E-state index in [4.69, 9.17) is 11.6 Å². The lowest BCUT2D eigenvalue weighted by Gasteiger charge is -2.10. The number of nitrogens with zero attached hydrogens (tertiary/aromatic N) is 2. The first-order valence-corrected chi connectivity index (χ1v) is 9.34. The van der Waals surface area contributed by atoms with E-state index in [0.717, 1.165) is 17.0 Å². The van der Waals surface area contributed by atoms with Crippen molar-refractivity contribution in [3.63, 3.8) is 0 Å². The molecule has 1 aromatic heterocycles. The molecule has 144 valence electrons. The summed E-state index contributed by atoms with van der Waals surface area (Å²) < 4.78 is 2.02. The number of rotatable bonds is 6. The summed E-state index contributed by atoms with van der Waals surface area (Å²) >= 11 is 5.93. The fraction of sp³-hybridized carbons (Fsp3) is 0.190. The molecule has 28 heavy (non-hydrogen) atoms. The maximum absolute atomic E-state index is 12.1. The van der Waals surface area contributed by atoms with E-state index in [1.165, 1.54) is 0 Å². The van der Waals surface area contributed by atoms with Gasteiger partial charge in [-0.25, -0.2) is 4.98 Å². The molecule has 0 radical (unpaired) electrons. The summed E-state index contributed by atoms with van der Waals surface area (Å²) in [4.78, 5) is 28.5. The second-order valence-corrected chi connectivity index (χ2v) is 6.77. The summed E-state index contributed by atoms with van der Waals surface area (Å²) in [6.07, 6.45) is 4.33. The van der Waals surface area contributed by atoms with Crippen LogP contribution >= 0.6 is 11.6 Å². The zero-order chi connectivity index (χ0) is 19.9. The number of hydrogen-bond acceptors (Lipinski definition) is 3. The number of amides is 2. The SMILES string of the molecule is Cc1ccc(Cl)cc1NC(=O)C(=O)NCCCn1ccnc1-c1ccccc1. The van der Waals surface area contributed by atoms with E-state index in [-0.39, 0.29) is 0 Å². The predicted molar refractivity (Wildman–Crippen MR) is 110 cm³/mol. The second-order valence-electron chi connectivity index (χ2n) is 6.33. The molecule has 2 aromatic carbocycles. The third-order valence-electron chi connectivity index (χ3n) is 4.26. The van der Waals surface area contributed by atoms with Crippen molar-refractivity contribution in [3.05, 3.63) is 71.5 Å². The van der Waals surface area contributed by atoms with E-state index >= 15 is 0 Å². The smallest absolute Gasteiger partial charge is 0.313 e. The van der Waals surface area contributed by atoms with E-state index in [1.807, 2.05) is 48.0 Å². The third-order valence-corrected chi connectivity index (χ3v) is 4.50. The molecule has 6 nitrogen and oxygen atoms in total. The lowest BCUT2D eigenvalue weighted by atomic mass is 10.2. The van der Waals surface area contributed by atoms with E-state index < -0.39 is 11.8 Å². The van der Waals surface area contributed by atoms with Crippen molar-refractivity contribution in [2.75, 3.05) is 11.9 Å². The minimum atomic E-state index is -0.710. The number of anilines is 1. The van der Waals surface area contributed by atoms with Gasteiger partial charge in [0.1, 0.15) is 5.82 Å². The molecule has 2 amide bonds. The Morgan fingerprint density at radius 2 is 1.89 bits per heavy atom. The van der Waals surface area contributed by atoms with Crippen LogP contribution in [0.15, 0.2) is 60.9 Å². The average molecular weight is 397 g/mol. The van der Waals surface area contributed by atoms with Crippen LogP contribution < -0.4 is 10.6 Å². The number of benzene rings is 2. The van der Waals surface area contributed by atoms with Gasteiger partial charge in [-0.3, -0.25) is 9.59 Å². The van der Waals surface area contributed by atoms with E-state index in [2.05, 4.69) is 15.6 Å². The van der Waals surface area contributed by atoms with Gasteiger partial charge in [-0.05, 0) is 31.0 Å². The van der Waals surface area contributed by atoms with E-state index in [0.29, 0.717) is 30.2 Å². The molecule has 0 fully saturated rings. The Morgan fingerprint density at radius 3 is 2.68 bits per heavy atom. The highest BCUT2D eigenvalue weighted by molar-refractivity contribution is 6.40. The van der Waals surface area contributed by atoms with E-state index in [9.17, 15) is 9.59 Å². The average Bonchev–Trinajstić information content (AvgIpc) is 3.17. The molecular formula is C21H21ClN4O2. The van der Waals surface area contributed by atoms with Gasteiger partial charge in [0.15, 0.2) is 0 Å². The lowest BCUT2D eigenvalue weighted by Crippen LogP contribution is -2.36. The molecule has 0 aliphatic carbocycles. The topological polar surface area (TPSA) is 76.0 Å². The van der Waals surface area contributed by atoms with Crippen molar-refractivity contribution in [3.8, 4) is 11.4 Å². The van der Waals surface area contributed by atoms with Crippen molar-refractivity contribution in [2.24, 2.45) is 0 Å². The van der Waals surface area contributed by atoms with Crippen LogP contribution in [-0.4, -0.2) is 27.9 Å². The van der Waals surface area contributed by atoms with Gasteiger partial charge in [0.05, 0.1) is 0 Å². The summed E-state index contributed by atoms with van der Waals surface area (Å²) in [6.45, 7) is 2.89. The Hall–Kier alpha value is -3.12. The van der Waals surface area contributed by atoms with Crippen LogP contribution in [-0.2, 0) is 16.1 Å². The summed E-state index contributed by atoms with van der Waals surface area (Å²) in [5.74, 6) is -0.507. The van der Waals surface area contributed by atoms with Crippen molar-refractivity contribution < 1.29 is 9.59 Å². The van der Waals surface area contributed by atoms with Crippen molar-refractivity contribution in [2.45, 2.75) is 19.9 Å². The standard InChI is InChI=1S/C21H21ClN4O2/c1-15-8-9-17(22)14-18(15)25-21(28)20(27)24-10-5-12-26-13-11-23-19(26)16-6-3-2-4-7-16/h2-4,6-9,11,13-14H,5,10,12H2,1H3,(H,24,27)(H,25,28). The van der Waals surface area contributed by atoms with Crippen molar-refractivity contribution in [1.82, 2.24) is 14.9 Å². The summed E-state index contributed by atoms with van der Waals surface area (Å²) in [6, 6.07) is 15.0. The van der Waals surface area contributed by atoms with Crippen LogP contribution in [0.1, 0.15) is 12.0 Å². The zero-order valence-electron chi connectivity index (χ0n) is 15.5. The first-order chi connectivity index (χ1) is 13.5. The molecule has 3 rings (SSSR count). The number of carbonyl (C=O) groups excluding carboxylic acids is 2. The molecule has 0 aliphatic rings. The zero-order valence-corrected chi connectivity index (χ0v) is 16.2. The quantitative estimate of drug-likeness (QED) is 0.493. The Labute approximate surface area is 168 Å². The van der Waals surface area contributed by atoms with Gasteiger partial charge >= 0.3 is 11.8 Å². The lowest BCUT2D eigenvalue weighted by molar-refractivity contribution is -0.136. The number of aryl methyl sites for hydroxylation is 2. The molecular weight excluding hydrogens is 376 g/mol. The van der Waals surface area contributed by atoms with Crippen LogP contribution in [0.4, 0.5) is 5.69 Å². The summed E-state index contributed by atoms with van der Waals surface area (Å²) in [7, 11) is 0. The predicted octanol–water partition coefficient (Wildman–Crippen LogP) is 3.66. The number of aromatic nitrogens is 2. The molecule has 1 heterocycles. The summed E-state index contributed by atoms with van der Waals surface area (Å²) in [5, 5.41) is 5.72. The fourth-order valence-corrected chi connectivity index (χ4v) is 2.95. The largest absolute Gasteiger partial charge is 0.348 e. The minimum Gasteiger partial charge on any atom is -0.348 e. The van der Waals surface area contributed by atoms with Crippen LogP contribution in [0.5, 0.6) is 0 Å². The maximum Gasteiger partial charge on any atom is 0.313 e. The van der Waals surface area contributed by atoms with Gasteiger partial charge in [0, 0.05) is 41.8 Å². The minimum absolute atomic E-state index is 0.382. The van der Waals surface area contributed by atoms with Crippen LogP contribution in [0.3, 0.4) is 0 Å². The maximum atomic E-state index is 12.1. The molecule has 0 saturated heterocycles. The molecule has 0 unspecified atom stereocenters. The number of hydrogen-bond donors (Lipinski definition) is 2. The van der Waals surface area contributed by atoms with E-state index in [1.54, 1.807) is 24.4 Å². The van der Waals surface area contributed by atoms with Gasteiger partial charge in [0.25, 0.3) is 0 Å². The highest BCUT2D eigenvalue weighted by atomic mass is 35.5. The van der Waals surface area contributed by atoms with Gasteiger partial charge in [-0.2, -0.15) is 0 Å². The number of halogens is 1. The highest BCUT2D eigenvalue weighted by Crippen LogP contribution is 2.20. The van der Waals surface area contributed by atoms with Crippen LogP contribution in [0, 0.1) is 6.92 Å². The highest BCUT2D eigenvalue weighted by Gasteiger charge is 2.14. The van der Waals surface area contributed by atoms with Gasteiger partial charge in [0.2, 0.25) is 0 Å². The molecule has 7 heteroatoms. The first kappa shape index (κ1) is 19.6. The molecule has 0 aliphatic heterocycles. The number of nitrogens with one attached hydrogen (secondary N) is 2. The van der Waals surface area contributed by atoms with Gasteiger partial charge in [-0.1, -0.05) is 48.0 Å². The molecule has 0 spiro atoms. The number of carbonyl (C=O) groups is 2. The monoisotopic (exact) mass is 396 g/mol. The molecule has 0 bridgehead atoms. The Morgan fingerprint density at radius 1 is 1.11 bits per heavy atom. The van der Waals surface area contributed by atoms with Gasteiger partial charge < -0.3 is 15.2 Å². The van der Waals surface area contributed by atoms with Crippen LogP contribution in [0.2, 0.25) is 5.02 Å².